The highest BCUT2D eigenvalue weighted by atomic mass is 35.5. The molecule has 2 saturated heterocycles. The lowest BCUT2D eigenvalue weighted by Crippen LogP contribution is -2.55. The van der Waals surface area contributed by atoms with E-state index in [1.165, 1.54) is 19.6 Å². The van der Waals surface area contributed by atoms with Gasteiger partial charge in [0.1, 0.15) is 17.4 Å². The summed E-state index contributed by atoms with van der Waals surface area (Å²) < 4.78 is 11.0. The lowest BCUT2D eigenvalue weighted by Gasteiger charge is -2.47. The maximum Gasteiger partial charge on any atom is 0.342 e. The highest BCUT2D eigenvalue weighted by molar-refractivity contribution is 6.33. The summed E-state index contributed by atoms with van der Waals surface area (Å²) in [7, 11) is 3.59. The molecule has 1 aromatic carbocycles. The molecule has 0 spiro atoms. The van der Waals surface area contributed by atoms with Crippen LogP contribution >= 0.6 is 11.6 Å². The van der Waals surface area contributed by atoms with Crippen molar-refractivity contribution in [3.05, 3.63) is 22.7 Å². The van der Waals surface area contributed by atoms with Gasteiger partial charge in [-0.05, 0) is 38.3 Å². The van der Waals surface area contributed by atoms with Crippen LogP contribution in [0.25, 0.3) is 0 Å². The van der Waals surface area contributed by atoms with Crippen molar-refractivity contribution in [2.75, 3.05) is 26.4 Å². The maximum atomic E-state index is 12.5. The molecule has 0 amide bonds. The molecular formula is C16H21ClN2O3. The van der Waals surface area contributed by atoms with Gasteiger partial charge in [-0.2, -0.15) is 0 Å². The van der Waals surface area contributed by atoms with Crippen molar-refractivity contribution in [3.8, 4) is 5.75 Å². The number of nitrogens with two attached hydrogens (primary N) is 1. The minimum atomic E-state index is -0.398. The van der Waals surface area contributed by atoms with Gasteiger partial charge in [0, 0.05) is 18.7 Å². The summed E-state index contributed by atoms with van der Waals surface area (Å²) in [5, 5.41) is 0.329. The number of ether oxygens (including phenoxy) is 2. The first-order valence-corrected chi connectivity index (χ1v) is 7.91. The quantitative estimate of drug-likeness (QED) is 0.684. The number of anilines is 1. The van der Waals surface area contributed by atoms with Crippen LogP contribution in [0.1, 0.15) is 29.6 Å². The van der Waals surface area contributed by atoms with E-state index in [-0.39, 0.29) is 6.10 Å². The molecule has 22 heavy (non-hydrogen) atoms. The Kier molecular flexibility index (Phi) is 4.19. The van der Waals surface area contributed by atoms with Crippen molar-refractivity contribution < 1.29 is 14.3 Å². The fourth-order valence-corrected chi connectivity index (χ4v) is 3.80. The third kappa shape index (κ3) is 2.75. The van der Waals surface area contributed by atoms with Gasteiger partial charge < -0.3 is 15.2 Å². The third-order valence-electron chi connectivity index (χ3n) is 4.77. The van der Waals surface area contributed by atoms with E-state index in [0.29, 0.717) is 34.0 Å². The fourth-order valence-electron chi connectivity index (χ4n) is 3.63. The number of benzene rings is 1. The normalized spacial score (nSPS) is 27.7. The first kappa shape index (κ1) is 15.4. The molecule has 4 rings (SSSR count). The number of nitrogen functional groups attached to an aromatic ring is 1. The van der Waals surface area contributed by atoms with Gasteiger partial charge in [0.15, 0.2) is 0 Å². The Balaban J connectivity index is 1.79. The monoisotopic (exact) mass is 324 g/mol. The topological polar surface area (TPSA) is 64.8 Å². The number of hydrogen-bond acceptors (Lipinski definition) is 5. The van der Waals surface area contributed by atoms with Gasteiger partial charge >= 0.3 is 5.97 Å². The highest BCUT2D eigenvalue weighted by Gasteiger charge is 2.41. The van der Waals surface area contributed by atoms with Crippen LogP contribution in [0.2, 0.25) is 5.02 Å². The van der Waals surface area contributed by atoms with Crippen LogP contribution in [0.3, 0.4) is 0 Å². The number of hydrogen-bond donors (Lipinski definition) is 1. The van der Waals surface area contributed by atoms with Crippen molar-refractivity contribution in [3.63, 3.8) is 0 Å². The first-order chi connectivity index (χ1) is 10.5. The zero-order valence-electron chi connectivity index (χ0n) is 12.8. The summed E-state index contributed by atoms with van der Waals surface area (Å²) >= 11 is 6.02. The average molecular weight is 325 g/mol. The second-order valence-electron chi connectivity index (χ2n) is 6.20. The average Bonchev–Trinajstić information content (AvgIpc) is 2.49. The fraction of sp³-hybridized carbons (Fsp3) is 0.562. The molecule has 3 atom stereocenters. The Morgan fingerprint density at radius 3 is 2.82 bits per heavy atom. The summed E-state index contributed by atoms with van der Waals surface area (Å²) in [6.07, 6.45) is 3.18. The summed E-state index contributed by atoms with van der Waals surface area (Å²) in [6.45, 7) is 1.09. The van der Waals surface area contributed by atoms with Crippen molar-refractivity contribution in [2.45, 2.75) is 31.4 Å². The van der Waals surface area contributed by atoms with Gasteiger partial charge in [0.25, 0.3) is 0 Å². The van der Waals surface area contributed by atoms with Crippen molar-refractivity contribution in [1.29, 1.82) is 0 Å². The number of rotatable bonds is 3. The lowest BCUT2D eigenvalue weighted by atomic mass is 9.78. The van der Waals surface area contributed by atoms with E-state index in [9.17, 15) is 4.79 Å². The molecule has 0 aromatic heterocycles. The predicted molar refractivity (Wildman–Crippen MR) is 85.4 cm³/mol. The predicted octanol–water partition coefficient (Wildman–Crippen LogP) is 2.57. The number of carbonyl (C=O) groups excluding carboxylic acids is 1. The smallest absolute Gasteiger partial charge is 0.342 e. The molecule has 1 aromatic rings. The Morgan fingerprint density at radius 2 is 2.18 bits per heavy atom. The molecule has 5 nitrogen and oxygen atoms in total. The summed E-state index contributed by atoms with van der Waals surface area (Å²) in [6, 6.07) is 3.38. The van der Waals surface area contributed by atoms with Crippen LogP contribution in [0.15, 0.2) is 12.1 Å². The van der Waals surface area contributed by atoms with Gasteiger partial charge in [-0.15, -0.1) is 0 Å². The summed E-state index contributed by atoms with van der Waals surface area (Å²) in [4.78, 5) is 14.8. The zero-order valence-corrected chi connectivity index (χ0v) is 13.6. The number of fused-ring (bicyclic) bond motifs is 3. The van der Waals surface area contributed by atoms with Gasteiger partial charge in [-0.3, -0.25) is 4.90 Å². The number of nitrogens with zero attached hydrogens (tertiary/aromatic N) is 1. The first-order valence-electron chi connectivity index (χ1n) is 7.53. The molecule has 2 N–H and O–H groups in total. The third-order valence-corrected chi connectivity index (χ3v) is 5.10. The molecule has 1 aliphatic carbocycles. The second kappa shape index (κ2) is 5.97. The molecule has 6 heteroatoms. The van der Waals surface area contributed by atoms with Gasteiger partial charge in [0.2, 0.25) is 0 Å². The Morgan fingerprint density at radius 1 is 1.41 bits per heavy atom. The molecule has 0 radical (unpaired) electrons. The molecule has 3 fully saturated rings. The summed E-state index contributed by atoms with van der Waals surface area (Å²) in [5.41, 5.74) is 6.45. The Hall–Kier alpha value is -1.46. The molecule has 2 bridgehead atoms. The van der Waals surface area contributed by atoms with Crippen molar-refractivity contribution in [2.24, 2.45) is 5.92 Å². The largest absolute Gasteiger partial charge is 0.496 e. The maximum absolute atomic E-state index is 12.5. The van der Waals surface area contributed by atoms with Crippen LogP contribution in [-0.2, 0) is 4.74 Å². The van der Waals surface area contributed by atoms with E-state index in [2.05, 4.69) is 11.9 Å². The van der Waals surface area contributed by atoms with Crippen LogP contribution in [-0.4, -0.2) is 43.7 Å². The van der Waals surface area contributed by atoms with E-state index in [1.54, 1.807) is 6.07 Å². The van der Waals surface area contributed by atoms with E-state index < -0.39 is 5.97 Å². The minimum Gasteiger partial charge on any atom is -0.496 e. The zero-order chi connectivity index (χ0) is 15.9. The molecule has 0 unspecified atom stereocenters. The van der Waals surface area contributed by atoms with Gasteiger partial charge in [0.05, 0.1) is 17.8 Å². The number of piperidine rings is 2. The van der Waals surface area contributed by atoms with Crippen LogP contribution in [0.5, 0.6) is 5.75 Å². The van der Waals surface area contributed by atoms with E-state index in [0.717, 1.165) is 19.4 Å². The van der Waals surface area contributed by atoms with Gasteiger partial charge in [-0.1, -0.05) is 11.6 Å². The molecule has 2 aliphatic heterocycles. The van der Waals surface area contributed by atoms with Crippen molar-refractivity contribution in [1.82, 2.24) is 4.90 Å². The number of carbonyl (C=O) groups is 1. The van der Waals surface area contributed by atoms with E-state index in [4.69, 9.17) is 26.8 Å². The highest BCUT2D eigenvalue weighted by Crippen LogP contribution is 2.37. The summed E-state index contributed by atoms with van der Waals surface area (Å²) in [5.74, 6) is 0.607. The van der Waals surface area contributed by atoms with Crippen molar-refractivity contribution >= 4 is 23.3 Å². The minimum absolute atomic E-state index is 0.0639. The number of halogens is 1. The molecular weight excluding hydrogens is 304 g/mol. The lowest BCUT2D eigenvalue weighted by molar-refractivity contribution is -0.0588. The number of esters is 1. The van der Waals surface area contributed by atoms with Gasteiger partial charge in [-0.25, -0.2) is 4.79 Å². The number of likely N-dealkylation sites (N-methyl/N-ethyl adjacent to an activating group) is 1. The molecule has 2 heterocycles. The van der Waals surface area contributed by atoms with Crippen LogP contribution in [0.4, 0.5) is 5.69 Å². The second-order valence-corrected chi connectivity index (χ2v) is 6.61. The number of methoxy groups -OCH3 is 1. The Labute approximate surface area is 135 Å². The standard InChI is InChI=1S/C16H21ClN2O3/c1-19-8-9-3-4-13(19)15(5-9)22-16(20)10-6-11(17)12(18)7-14(10)21-2/h6-7,9,13,15H,3-5,8,18H2,1-2H3/t9-,13+,15+/m0/s1. The molecule has 1 saturated carbocycles. The van der Waals surface area contributed by atoms with Crippen LogP contribution < -0.4 is 10.5 Å². The van der Waals surface area contributed by atoms with E-state index in [1.807, 2.05) is 0 Å². The van der Waals surface area contributed by atoms with E-state index >= 15 is 0 Å². The SMILES string of the molecule is COc1cc(N)c(Cl)cc1C(=O)O[C@@H]1C[C@@H]2CC[C@H]1N(C)C2. The Bertz CT molecular complexity index is 593. The molecule has 3 aliphatic rings. The van der Waals surface area contributed by atoms with Crippen LogP contribution in [0, 0.1) is 5.92 Å². The molecule has 120 valence electrons.